The highest BCUT2D eigenvalue weighted by atomic mass is 16.7. The van der Waals surface area contributed by atoms with Crippen LogP contribution in [-0.4, -0.2) is 197 Å². The molecule has 6 rings (SSSR count). The van der Waals surface area contributed by atoms with Gasteiger partial charge in [-0.25, -0.2) is 4.79 Å². The van der Waals surface area contributed by atoms with Crippen LogP contribution in [0, 0.1) is 17.8 Å². The molecule has 0 spiro atoms. The molecule has 0 bridgehead atoms. The average molecular weight is 795 g/mol. The van der Waals surface area contributed by atoms with Crippen molar-refractivity contribution in [3.05, 3.63) is 12.2 Å². The first-order valence-electron chi connectivity index (χ1n) is 19.4. The van der Waals surface area contributed by atoms with E-state index in [-0.39, 0.29) is 50.4 Å². The zero-order chi connectivity index (χ0) is 39.7. The molecular formula is C36H58O19. The van der Waals surface area contributed by atoms with Crippen molar-refractivity contribution in [1.29, 1.82) is 0 Å². The molecule has 0 aromatic carbocycles. The zero-order valence-corrected chi connectivity index (χ0v) is 30.4. The lowest BCUT2D eigenvalue weighted by atomic mass is 9.72. The highest BCUT2D eigenvalue weighted by Gasteiger charge is 2.54. The highest BCUT2D eigenvalue weighted by Crippen LogP contribution is 2.45. The van der Waals surface area contributed by atoms with E-state index in [1.807, 2.05) is 0 Å². The minimum Gasteiger partial charge on any atom is -0.460 e. The summed E-state index contributed by atoms with van der Waals surface area (Å²) in [7, 11) is 0. The van der Waals surface area contributed by atoms with Crippen LogP contribution in [-0.2, 0) is 33.2 Å². The van der Waals surface area contributed by atoms with E-state index in [4.69, 9.17) is 28.4 Å². The minimum atomic E-state index is -1.79. The SMILES string of the molecule is O=C(C=CC1CCC(O)C(O)C1)OC[C@@H]1O[C@H](OC2CC3C(CC(O)CC3O[C@H]3O[C@H](CO)[C@H](O)[C@@H](O)[C@@H]3O)OC2C2CCC(O)C(O)C2)[C@@H](O)[C@H](O)[C@H]1O. The number of hydrogen-bond acceptors (Lipinski definition) is 19. The van der Waals surface area contributed by atoms with E-state index in [9.17, 15) is 66.1 Å². The second-order valence-electron chi connectivity index (χ2n) is 16.1. The maximum atomic E-state index is 12.6. The number of esters is 1. The molecule has 316 valence electrons. The Morgan fingerprint density at radius 3 is 1.84 bits per heavy atom. The normalized spacial score (nSPS) is 51.1. The van der Waals surface area contributed by atoms with Crippen molar-refractivity contribution in [2.24, 2.45) is 17.8 Å². The van der Waals surface area contributed by atoms with Crippen molar-refractivity contribution in [2.75, 3.05) is 13.2 Å². The number of carbonyl (C=O) groups is 1. The highest BCUT2D eigenvalue weighted by molar-refractivity contribution is 5.81. The largest absolute Gasteiger partial charge is 0.460 e. The molecule has 0 radical (unpaired) electrons. The fourth-order valence-electron chi connectivity index (χ4n) is 8.99. The first kappa shape index (κ1) is 43.1. The van der Waals surface area contributed by atoms with Gasteiger partial charge in [-0.2, -0.15) is 0 Å². The lowest BCUT2D eigenvalue weighted by molar-refractivity contribution is -0.344. The van der Waals surface area contributed by atoms with E-state index >= 15 is 0 Å². The summed E-state index contributed by atoms with van der Waals surface area (Å²) >= 11 is 0. The Balaban J connectivity index is 1.16. The van der Waals surface area contributed by atoms with Crippen molar-refractivity contribution in [1.82, 2.24) is 0 Å². The van der Waals surface area contributed by atoms with Gasteiger partial charge < -0.3 is 89.7 Å². The molecule has 12 unspecified atom stereocenters. The zero-order valence-electron chi connectivity index (χ0n) is 30.4. The summed E-state index contributed by atoms with van der Waals surface area (Å²) in [5.41, 5.74) is 0. The molecule has 19 nitrogen and oxygen atoms in total. The van der Waals surface area contributed by atoms with Gasteiger partial charge in [-0.05, 0) is 63.2 Å². The van der Waals surface area contributed by atoms with Crippen LogP contribution in [0.15, 0.2) is 12.2 Å². The van der Waals surface area contributed by atoms with Crippen LogP contribution in [0.3, 0.4) is 0 Å². The summed E-state index contributed by atoms with van der Waals surface area (Å²) in [4.78, 5) is 12.6. The number of rotatable bonds is 10. The molecule has 3 saturated carbocycles. The number of aliphatic hydroxyl groups excluding tert-OH is 12. The van der Waals surface area contributed by atoms with Gasteiger partial charge in [0.2, 0.25) is 0 Å². The van der Waals surface area contributed by atoms with Gasteiger partial charge in [0.05, 0.1) is 61.5 Å². The number of ether oxygens (including phenoxy) is 6. The van der Waals surface area contributed by atoms with Gasteiger partial charge in [0.15, 0.2) is 12.6 Å². The average Bonchev–Trinajstić information content (AvgIpc) is 3.16. The summed E-state index contributed by atoms with van der Waals surface area (Å²) in [5.74, 6) is -1.89. The third-order valence-electron chi connectivity index (χ3n) is 12.3. The van der Waals surface area contributed by atoms with Crippen LogP contribution in [0.1, 0.15) is 57.8 Å². The summed E-state index contributed by atoms with van der Waals surface area (Å²) in [6.45, 7) is -1.21. The number of fused-ring (bicyclic) bond motifs is 1. The van der Waals surface area contributed by atoms with Crippen molar-refractivity contribution >= 4 is 5.97 Å². The van der Waals surface area contributed by atoms with Gasteiger partial charge in [-0.1, -0.05) is 6.08 Å². The summed E-state index contributed by atoms with van der Waals surface area (Å²) in [6, 6.07) is 0. The summed E-state index contributed by atoms with van der Waals surface area (Å²) < 4.78 is 35.8. The lowest BCUT2D eigenvalue weighted by Gasteiger charge is -2.52. The molecule has 3 saturated heterocycles. The predicted molar refractivity (Wildman–Crippen MR) is 181 cm³/mol. The Morgan fingerprint density at radius 1 is 0.600 bits per heavy atom. The Labute approximate surface area is 317 Å². The molecule has 22 atom stereocenters. The van der Waals surface area contributed by atoms with Gasteiger partial charge in [0, 0.05) is 18.4 Å². The van der Waals surface area contributed by atoms with Crippen molar-refractivity contribution < 1.29 is 94.5 Å². The third kappa shape index (κ3) is 9.88. The molecule has 0 aromatic rings. The van der Waals surface area contributed by atoms with E-state index in [1.54, 1.807) is 6.08 Å². The smallest absolute Gasteiger partial charge is 0.330 e. The minimum absolute atomic E-state index is 0.0455. The Morgan fingerprint density at radius 2 is 1.20 bits per heavy atom. The molecule has 3 aliphatic carbocycles. The topological polar surface area (TPSA) is 315 Å². The van der Waals surface area contributed by atoms with Gasteiger partial charge >= 0.3 is 5.97 Å². The second kappa shape index (κ2) is 18.6. The quantitative estimate of drug-likeness (QED) is 0.0732. The summed E-state index contributed by atoms with van der Waals surface area (Å²) in [6.07, 6.45) is -18.7. The number of hydrogen-bond donors (Lipinski definition) is 12. The molecular weight excluding hydrogens is 736 g/mol. The lowest BCUT2D eigenvalue weighted by Crippen LogP contribution is -2.63. The fourth-order valence-corrected chi connectivity index (χ4v) is 8.99. The number of aliphatic hydroxyl groups is 12. The Kier molecular flexibility index (Phi) is 14.6. The predicted octanol–water partition coefficient (Wildman–Crippen LogP) is -4.56. The molecule has 12 N–H and O–H groups in total. The van der Waals surface area contributed by atoms with Crippen LogP contribution in [0.25, 0.3) is 0 Å². The van der Waals surface area contributed by atoms with Crippen molar-refractivity contribution in [3.8, 4) is 0 Å². The molecule has 3 aliphatic heterocycles. The molecule has 0 amide bonds. The van der Waals surface area contributed by atoms with E-state index in [2.05, 4.69) is 0 Å². The molecule has 6 fully saturated rings. The van der Waals surface area contributed by atoms with Crippen LogP contribution < -0.4 is 0 Å². The van der Waals surface area contributed by atoms with Crippen LogP contribution in [0.2, 0.25) is 0 Å². The summed E-state index contributed by atoms with van der Waals surface area (Å²) in [5, 5.41) is 125. The number of carbonyl (C=O) groups excluding carboxylic acids is 1. The molecule has 6 aliphatic rings. The van der Waals surface area contributed by atoms with Crippen molar-refractivity contribution in [2.45, 2.75) is 174 Å². The van der Waals surface area contributed by atoms with E-state index in [0.717, 1.165) is 0 Å². The first-order valence-corrected chi connectivity index (χ1v) is 19.4. The monoisotopic (exact) mass is 794 g/mol. The van der Waals surface area contributed by atoms with Crippen LogP contribution in [0.4, 0.5) is 0 Å². The molecule has 0 aromatic heterocycles. The Hall–Kier alpha value is -1.47. The molecule has 3 heterocycles. The molecule has 19 heteroatoms. The van der Waals surface area contributed by atoms with E-state index in [0.29, 0.717) is 19.3 Å². The fraction of sp³-hybridized carbons (Fsp3) is 0.917. The maximum Gasteiger partial charge on any atom is 0.330 e. The third-order valence-corrected chi connectivity index (χ3v) is 12.3. The van der Waals surface area contributed by atoms with Gasteiger partial charge in [0.1, 0.15) is 55.4 Å². The Bertz CT molecular complexity index is 1270. The van der Waals surface area contributed by atoms with E-state index in [1.165, 1.54) is 6.08 Å². The molecule has 55 heavy (non-hydrogen) atoms. The van der Waals surface area contributed by atoms with Gasteiger partial charge in [-0.3, -0.25) is 0 Å². The van der Waals surface area contributed by atoms with Crippen LogP contribution in [0.5, 0.6) is 0 Å². The van der Waals surface area contributed by atoms with Crippen LogP contribution >= 0.6 is 0 Å². The first-order chi connectivity index (χ1) is 26.1. The van der Waals surface area contributed by atoms with Gasteiger partial charge in [-0.15, -0.1) is 0 Å². The van der Waals surface area contributed by atoms with Gasteiger partial charge in [0.25, 0.3) is 0 Å². The maximum absolute atomic E-state index is 12.6. The number of allylic oxidation sites excluding steroid dienone is 1. The standard InChI is InChI=1S/C36H58O19/c37-12-25-28(44)30(46)32(48)35(54-25)52-23-10-16(38)9-22-17(23)11-24(34(51-22)15-3-5-19(40)21(42)8-15)53-36-33(49)31(47)29(45)26(55-36)13-50-27(43)6-2-14-1-4-18(39)20(41)7-14/h2,6,14-26,28-42,44-49H,1,3-5,7-13H2/t14?,15?,16?,17?,18?,19?,20?,21?,22?,23?,24?,25-,26+,28+,29+,30-,31-,32+,33+,34?,35+,36+/m1/s1. The second-order valence-corrected chi connectivity index (χ2v) is 16.1. The van der Waals surface area contributed by atoms with E-state index < -0.39 is 141 Å². The van der Waals surface area contributed by atoms with Crippen molar-refractivity contribution in [3.63, 3.8) is 0 Å².